The number of nitrogens with one attached hydrogen (secondary N) is 2. The average Bonchev–Trinajstić information content (AvgIpc) is 3.25. The van der Waals surface area contributed by atoms with Crippen LogP contribution in [-0.2, 0) is 0 Å². The van der Waals surface area contributed by atoms with Gasteiger partial charge in [-0.2, -0.15) is 5.10 Å². The van der Waals surface area contributed by atoms with Crippen molar-refractivity contribution in [2.75, 3.05) is 0 Å². The SMILES string of the molecule is Cc1cccc2ncc(-c3cn4nc(C(=O)N[C@H](C)c5ccc(F)cc5)cc4c(=O)[nH]3)cc12. The van der Waals surface area contributed by atoms with Crippen molar-refractivity contribution in [3.8, 4) is 11.3 Å². The van der Waals surface area contributed by atoms with Gasteiger partial charge in [0.05, 0.1) is 23.4 Å². The molecule has 3 aromatic heterocycles. The highest BCUT2D eigenvalue weighted by Crippen LogP contribution is 2.23. The minimum atomic E-state index is -0.431. The van der Waals surface area contributed by atoms with Gasteiger partial charge in [-0.05, 0) is 49.2 Å². The second kappa shape index (κ2) is 7.98. The Labute approximate surface area is 187 Å². The molecule has 1 atom stereocenters. The number of fused-ring (bicyclic) bond motifs is 2. The Morgan fingerprint density at radius 3 is 2.73 bits per heavy atom. The summed E-state index contributed by atoms with van der Waals surface area (Å²) in [5, 5.41) is 8.12. The second-order valence-electron chi connectivity index (χ2n) is 7.97. The van der Waals surface area contributed by atoms with E-state index in [2.05, 4.69) is 20.4 Å². The predicted octanol–water partition coefficient (Wildman–Crippen LogP) is 4.18. The van der Waals surface area contributed by atoms with Crippen molar-refractivity contribution < 1.29 is 9.18 Å². The Morgan fingerprint density at radius 1 is 1.15 bits per heavy atom. The van der Waals surface area contributed by atoms with Crippen LogP contribution in [-0.4, -0.2) is 25.5 Å². The Kier molecular flexibility index (Phi) is 4.97. The van der Waals surface area contributed by atoms with E-state index in [1.54, 1.807) is 31.5 Å². The largest absolute Gasteiger partial charge is 0.344 e. The standard InChI is InChI=1S/C25H20FN5O2/c1-14-4-3-5-20-19(14)10-17(12-27-20)22-13-31-23(25(33)29-22)11-21(30-31)24(32)28-15(2)16-6-8-18(26)9-7-16/h3-13,15H,1-2H3,(H,28,32)(H,29,33)/t15-/m1/s1. The van der Waals surface area contributed by atoms with Crippen molar-refractivity contribution in [3.63, 3.8) is 0 Å². The molecule has 5 aromatic rings. The van der Waals surface area contributed by atoms with Crippen LogP contribution >= 0.6 is 0 Å². The summed E-state index contributed by atoms with van der Waals surface area (Å²) in [4.78, 5) is 32.8. The van der Waals surface area contributed by atoms with Gasteiger partial charge >= 0.3 is 0 Å². The zero-order chi connectivity index (χ0) is 23.1. The van der Waals surface area contributed by atoms with E-state index in [0.717, 1.165) is 27.6 Å². The number of aromatic amines is 1. The van der Waals surface area contributed by atoms with Crippen LogP contribution in [0.25, 0.3) is 27.7 Å². The molecule has 0 aliphatic rings. The number of rotatable bonds is 4. The van der Waals surface area contributed by atoms with Gasteiger partial charge in [-0.15, -0.1) is 0 Å². The van der Waals surface area contributed by atoms with E-state index in [4.69, 9.17) is 0 Å². The molecule has 2 N–H and O–H groups in total. The summed E-state index contributed by atoms with van der Waals surface area (Å²) in [5.41, 5.74) is 3.99. The zero-order valence-electron chi connectivity index (χ0n) is 18.0. The molecule has 0 spiro atoms. The minimum Gasteiger partial charge on any atom is -0.344 e. The number of aromatic nitrogens is 4. The molecule has 0 aliphatic heterocycles. The summed E-state index contributed by atoms with van der Waals surface area (Å²) >= 11 is 0. The number of hydrogen-bond acceptors (Lipinski definition) is 4. The zero-order valence-corrected chi connectivity index (χ0v) is 18.0. The third-order valence-electron chi connectivity index (χ3n) is 5.67. The molecular weight excluding hydrogens is 421 g/mol. The van der Waals surface area contributed by atoms with E-state index in [0.29, 0.717) is 5.69 Å². The van der Waals surface area contributed by atoms with Crippen molar-refractivity contribution in [3.05, 3.63) is 100.0 Å². The molecule has 0 aliphatic carbocycles. The lowest BCUT2D eigenvalue weighted by Gasteiger charge is -2.13. The van der Waals surface area contributed by atoms with Crippen LogP contribution < -0.4 is 10.9 Å². The maximum atomic E-state index is 13.1. The first-order valence-electron chi connectivity index (χ1n) is 10.4. The second-order valence-corrected chi connectivity index (χ2v) is 7.97. The van der Waals surface area contributed by atoms with E-state index in [1.807, 2.05) is 31.2 Å². The van der Waals surface area contributed by atoms with Gasteiger partial charge in [0.15, 0.2) is 5.69 Å². The number of pyridine rings is 1. The third-order valence-corrected chi connectivity index (χ3v) is 5.67. The highest BCUT2D eigenvalue weighted by molar-refractivity contribution is 5.93. The van der Waals surface area contributed by atoms with Gasteiger partial charge in [-0.25, -0.2) is 8.91 Å². The minimum absolute atomic E-state index is 0.110. The molecule has 0 fully saturated rings. The lowest BCUT2D eigenvalue weighted by Crippen LogP contribution is -2.27. The van der Waals surface area contributed by atoms with Gasteiger partial charge < -0.3 is 10.3 Å². The number of carbonyl (C=O) groups is 1. The Balaban J connectivity index is 1.47. The summed E-state index contributed by atoms with van der Waals surface area (Å²) in [6.07, 6.45) is 3.36. The predicted molar refractivity (Wildman–Crippen MR) is 124 cm³/mol. The summed E-state index contributed by atoms with van der Waals surface area (Å²) < 4.78 is 14.5. The summed E-state index contributed by atoms with van der Waals surface area (Å²) in [7, 11) is 0. The molecular formula is C25H20FN5O2. The topological polar surface area (TPSA) is 92.2 Å². The van der Waals surface area contributed by atoms with Crippen molar-refractivity contribution in [1.82, 2.24) is 24.9 Å². The van der Waals surface area contributed by atoms with Gasteiger partial charge in [-0.3, -0.25) is 14.6 Å². The van der Waals surface area contributed by atoms with E-state index in [-0.39, 0.29) is 28.6 Å². The quantitative estimate of drug-likeness (QED) is 0.438. The molecule has 164 valence electrons. The van der Waals surface area contributed by atoms with Gasteiger partial charge in [0.2, 0.25) is 0 Å². The highest BCUT2D eigenvalue weighted by atomic mass is 19.1. The van der Waals surface area contributed by atoms with E-state index < -0.39 is 5.91 Å². The number of hydrogen-bond donors (Lipinski definition) is 2. The number of benzene rings is 2. The van der Waals surface area contributed by atoms with Crippen molar-refractivity contribution in [2.24, 2.45) is 0 Å². The molecule has 5 rings (SSSR count). The lowest BCUT2D eigenvalue weighted by atomic mass is 10.1. The molecule has 0 radical (unpaired) electrons. The summed E-state index contributed by atoms with van der Waals surface area (Å²) in [6, 6.07) is 14.8. The smallest absolute Gasteiger partial charge is 0.274 e. The van der Waals surface area contributed by atoms with Crippen LogP contribution in [0, 0.1) is 12.7 Å². The first kappa shape index (κ1) is 20.6. The van der Waals surface area contributed by atoms with Crippen molar-refractivity contribution >= 4 is 22.3 Å². The molecule has 0 saturated heterocycles. The molecule has 0 bridgehead atoms. The molecule has 8 heteroatoms. The van der Waals surface area contributed by atoms with Crippen LogP contribution in [0.3, 0.4) is 0 Å². The van der Waals surface area contributed by atoms with Crippen LogP contribution in [0.5, 0.6) is 0 Å². The normalized spacial score (nSPS) is 12.2. The third kappa shape index (κ3) is 3.87. The van der Waals surface area contributed by atoms with E-state index in [9.17, 15) is 14.0 Å². The highest BCUT2D eigenvalue weighted by Gasteiger charge is 2.17. The number of H-pyrrole nitrogens is 1. The Bertz CT molecular complexity index is 1570. The monoisotopic (exact) mass is 441 g/mol. The fourth-order valence-corrected chi connectivity index (χ4v) is 3.81. The van der Waals surface area contributed by atoms with Gasteiger partial charge in [0, 0.05) is 23.2 Å². The lowest BCUT2D eigenvalue weighted by molar-refractivity contribution is 0.0934. The molecule has 0 saturated carbocycles. The maximum absolute atomic E-state index is 13.1. The molecule has 7 nitrogen and oxygen atoms in total. The Hall–Kier alpha value is -4.33. The molecule has 3 heterocycles. The van der Waals surface area contributed by atoms with Crippen LogP contribution in [0.1, 0.15) is 34.6 Å². The maximum Gasteiger partial charge on any atom is 0.274 e. The Morgan fingerprint density at radius 2 is 1.94 bits per heavy atom. The van der Waals surface area contributed by atoms with Gasteiger partial charge in [-0.1, -0.05) is 24.3 Å². The van der Waals surface area contributed by atoms with Crippen LogP contribution in [0.4, 0.5) is 4.39 Å². The van der Waals surface area contributed by atoms with Crippen molar-refractivity contribution in [2.45, 2.75) is 19.9 Å². The fourth-order valence-electron chi connectivity index (χ4n) is 3.81. The summed E-state index contributed by atoms with van der Waals surface area (Å²) in [5.74, 6) is -0.774. The average molecular weight is 441 g/mol. The fraction of sp³-hybridized carbons (Fsp3) is 0.120. The number of amides is 1. The number of aryl methyl sites for hydroxylation is 1. The van der Waals surface area contributed by atoms with E-state index in [1.165, 1.54) is 22.7 Å². The number of carbonyl (C=O) groups excluding carboxylic acids is 1. The molecule has 1 amide bonds. The number of nitrogens with zero attached hydrogens (tertiary/aromatic N) is 3. The first-order valence-corrected chi connectivity index (χ1v) is 10.4. The molecule has 33 heavy (non-hydrogen) atoms. The molecule has 2 aromatic carbocycles. The van der Waals surface area contributed by atoms with Gasteiger partial charge in [0.1, 0.15) is 11.3 Å². The van der Waals surface area contributed by atoms with Crippen LogP contribution in [0.2, 0.25) is 0 Å². The summed E-state index contributed by atoms with van der Waals surface area (Å²) in [6.45, 7) is 3.80. The first-order chi connectivity index (χ1) is 15.9. The van der Waals surface area contributed by atoms with Crippen molar-refractivity contribution in [1.29, 1.82) is 0 Å². The van der Waals surface area contributed by atoms with Gasteiger partial charge in [0.25, 0.3) is 11.5 Å². The molecule has 0 unspecified atom stereocenters. The number of halogens is 1. The van der Waals surface area contributed by atoms with E-state index >= 15 is 0 Å². The van der Waals surface area contributed by atoms with Crippen LogP contribution in [0.15, 0.2) is 71.8 Å².